The van der Waals surface area contributed by atoms with Crippen LogP contribution in [0, 0.1) is 11.6 Å². The van der Waals surface area contributed by atoms with Gasteiger partial charge in [0.2, 0.25) is 0 Å². The van der Waals surface area contributed by atoms with Crippen molar-refractivity contribution < 1.29 is 18.0 Å². The van der Waals surface area contributed by atoms with Crippen molar-refractivity contribution in [1.29, 1.82) is 0 Å². The summed E-state index contributed by atoms with van der Waals surface area (Å²) < 4.78 is 32.2. The van der Waals surface area contributed by atoms with E-state index in [9.17, 15) is 13.6 Å². The zero-order valence-electron chi connectivity index (χ0n) is 15.0. The minimum atomic E-state index is -0.782. The summed E-state index contributed by atoms with van der Waals surface area (Å²) in [6, 6.07) is 7.38. The number of nitrogens with zero attached hydrogens (tertiary/aromatic N) is 1. The molecule has 1 aromatic heterocycles. The third kappa shape index (κ3) is 4.13. The third-order valence-electron chi connectivity index (χ3n) is 5.56. The Morgan fingerprint density at radius 1 is 1.19 bits per heavy atom. The van der Waals surface area contributed by atoms with E-state index in [1.54, 1.807) is 6.26 Å². The molecule has 1 unspecified atom stereocenters. The maximum Gasteiger partial charge on any atom is 0.319 e. The molecule has 3 atom stereocenters. The second-order valence-electron chi connectivity index (χ2n) is 7.38. The van der Waals surface area contributed by atoms with Crippen molar-refractivity contribution in [1.82, 2.24) is 10.2 Å². The first-order valence-electron chi connectivity index (χ1n) is 9.39. The van der Waals surface area contributed by atoms with Gasteiger partial charge in [-0.2, -0.15) is 0 Å². The lowest BCUT2D eigenvalue weighted by atomic mass is 9.81. The van der Waals surface area contributed by atoms with E-state index in [1.165, 1.54) is 12.5 Å². The quantitative estimate of drug-likeness (QED) is 0.839. The van der Waals surface area contributed by atoms with Gasteiger partial charge in [-0.15, -0.1) is 0 Å². The molecule has 0 spiro atoms. The molecule has 7 heteroatoms. The van der Waals surface area contributed by atoms with Gasteiger partial charge in [0.15, 0.2) is 0 Å². The summed E-state index contributed by atoms with van der Waals surface area (Å²) in [7, 11) is 0. The fourth-order valence-electron chi connectivity index (χ4n) is 4.37. The van der Waals surface area contributed by atoms with Gasteiger partial charge in [-0.05, 0) is 49.9 Å². The topological polar surface area (TPSA) is 57.5 Å². The van der Waals surface area contributed by atoms with Gasteiger partial charge in [-0.1, -0.05) is 6.42 Å². The molecular formula is C20H23F2N3O2. The lowest BCUT2D eigenvalue weighted by molar-refractivity contribution is 0.0150. The molecule has 1 aromatic carbocycles. The van der Waals surface area contributed by atoms with Gasteiger partial charge in [0.25, 0.3) is 0 Å². The van der Waals surface area contributed by atoms with Crippen LogP contribution in [0.15, 0.2) is 41.0 Å². The molecule has 0 radical (unpaired) electrons. The number of carbonyl (C=O) groups is 1. The Balaban J connectivity index is 1.36. The number of amides is 2. The standard InChI is InChI=1S/C20H23F2N3O2/c21-13-6-7-19(18(22)9-13)24-20(26)23-14-10-15-3-1-4-16(11-14)25(15)12-17-5-2-8-27-17/h2,5-9,14-16H,1,3-4,10-12H2,(H2,23,24,26)/t14?,15-,16+. The van der Waals surface area contributed by atoms with Crippen LogP contribution in [-0.4, -0.2) is 29.1 Å². The summed E-state index contributed by atoms with van der Waals surface area (Å²) in [5.41, 5.74) is -0.0238. The van der Waals surface area contributed by atoms with E-state index in [0.29, 0.717) is 12.1 Å². The van der Waals surface area contributed by atoms with Gasteiger partial charge in [-0.3, -0.25) is 4.90 Å². The van der Waals surface area contributed by atoms with Crippen LogP contribution in [0.25, 0.3) is 0 Å². The summed E-state index contributed by atoms with van der Waals surface area (Å²) in [5, 5.41) is 5.43. The van der Waals surface area contributed by atoms with E-state index in [-0.39, 0.29) is 11.7 Å². The number of piperidine rings is 2. The number of rotatable bonds is 4. The molecule has 3 heterocycles. The van der Waals surface area contributed by atoms with Crippen LogP contribution in [0.5, 0.6) is 0 Å². The maximum atomic E-state index is 13.7. The minimum absolute atomic E-state index is 0.0238. The normalized spacial score (nSPS) is 25.2. The summed E-state index contributed by atoms with van der Waals surface area (Å²) in [4.78, 5) is 14.7. The number of hydrogen-bond donors (Lipinski definition) is 2. The number of urea groups is 1. The fourth-order valence-corrected chi connectivity index (χ4v) is 4.37. The molecule has 2 N–H and O–H groups in total. The first-order valence-corrected chi connectivity index (χ1v) is 9.39. The molecule has 2 bridgehead atoms. The van der Waals surface area contributed by atoms with Crippen molar-refractivity contribution in [2.75, 3.05) is 5.32 Å². The molecule has 2 saturated heterocycles. The molecule has 2 fully saturated rings. The van der Waals surface area contributed by atoms with Gasteiger partial charge in [0.1, 0.15) is 17.4 Å². The SMILES string of the molecule is O=C(Nc1ccc(F)cc1F)NC1C[C@H]2CCC[C@@H](C1)N2Cc1ccco1. The van der Waals surface area contributed by atoms with E-state index >= 15 is 0 Å². The summed E-state index contributed by atoms with van der Waals surface area (Å²) in [6.07, 6.45) is 6.81. The van der Waals surface area contributed by atoms with Gasteiger partial charge in [0, 0.05) is 24.2 Å². The lowest BCUT2D eigenvalue weighted by Crippen LogP contribution is -2.56. The Kier molecular flexibility index (Phi) is 5.11. The Labute approximate surface area is 156 Å². The lowest BCUT2D eigenvalue weighted by Gasteiger charge is -2.48. The molecule has 2 amide bonds. The van der Waals surface area contributed by atoms with Crippen molar-refractivity contribution in [3.05, 3.63) is 54.0 Å². The van der Waals surface area contributed by atoms with Crippen LogP contribution in [-0.2, 0) is 6.54 Å². The van der Waals surface area contributed by atoms with Crippen LogP contribution < -0.4 is 10.6 Å². The molecular weight excluding hydrogens is 352 g/mol. The predicted molar refractivity (Wildman–Crippen MR) is 97.2 cm³/mol. The Bertz CT molecular complexity index is 783. The highest BCUT2D eigenvalue weighted by Gasteiger charge is 2.38. The second kappa shape index (κ2) is 7.68. The van der Waals surface area contributed by atoms with Crippen LogP contribution >= 0.6 is 0 Å². The second-order valence-corrected chi connectivity index (χ2v) is 7.38. The smallest absolute Gasteiger partial charge is 0.319 e. The Morgan fingerprint density at radius 3 is 2.63 bits per heavy atom. The zero-order valence-corrected chi connectivity index (χ0v) is 15.0. The van der Waals surface area contributed by atoms with Crippen LogP contribution in [0.2, 0.25) is 0 Å². The van der Waals surface area contributed by atoms with E-state index in [4.69, 9.17) is 4.42 Å². The molecule has 2 aliphatic rings. The molecule has 4 rings (SSSR count). The molecule has 27 heavy (non-hydrogen) atoms. The summed E-state index contributed by atoms with van der Waals surface area (Å²) >= 11 is 0. The predicted octanol–water partition coefficient (Wildman–Crippen LogP) is 4.27. The highest BCUT2D eigenvalue weighted by atomic mass is 19.1. The van der Waals surface area contributed by atoms with Crippen LogP contribution in [0.4, 0.5) is 19.3 Å². The highest BCUT2D eigenvalue weighted by molar-refractivity contribution is 5.89. The van der Waals surface area contributed by atoms with E-state index < -0.39 is 17.7 Å². The average Bonchev–Trinajstić information content (AvgIpc) is 3.11. The number of benzene rings is 1. The van der Waals surface area contributed by atoms with Gasteiger partial charge in [0.05, 0.1) is 18.5 Å². The molecule has 0 saturated carbocycles. The van der Waals surface area contributed by atoms with E-state index in [1.807, 2.05) is 12.1 Å². The number of carbonyl (C=O) groups excluding carboxylic acids is 1. The first kappa shape index (κ1) is 18.0. The van der Waals surface area contributed by atoms with E-state index in [0.717, 1.165) is 50.1 Å². The number of halogens is 2. The van der Waals surface area contributed by atoms with Gasteiger partial charge in [-0.25, -0.2) is 13.6 Å². The Hall–Kier alpha value is -2.41. The minimum Gasteiger partial charge on any atom is -0.468 e. The largest absolute Gasteiger partial charge is 0.468 e. The highest BCUT2D eigenvalue weighted by Crippen LogP contribution is 2.35. The summed E-state index contributed by atoms with van der Waals surface area (Å²) in [6.45, 7) is 0.794. The fraction of sp³-hybridized carbons (Fsp3) is 0.450. The Morgan fingerprint density at radius 2 is 1.96 bits per heavy atom. The molecule has 5 nitrogen and oxygen atoms in total. The molecule has 2 aromatic rings. The van der Waals surface area contributed by atoms with Crippen molar-refractivity contribution in [2.45, 2.75) is 56.8 Å². The number of furan rings is 1. The first-order chi connectivity index (χ1) is 13.1. The number of hydrogen-bond acceptors (Lipinski definition) is 3. The third-order valence-corrected chi connectivity index (χ3v) is 5.56. The van der Waals surface area contributed by atoms with Crippen molar-refractivity contribution >= 4 is 11.7 Å². The molecule has 2 aliphatic heterocycles. The summed E-state index contributed by atoms with van der Waals surface area (Å²) in [5.74, 6) is -0.492. The van der Waals surface area contributed by atoms with Crippen molar-refractivity contribution in [3.8, 4) is 0 Å². The van der Waals surface area contributed by atoms with Crippen molar-refractivity contribution in [3.63, 3.8) is 0 Å². The number of anilines is 1. The molecule has 0 aliphatic carbocycles. The number of nitrogens with one attached hydrogen (secondary N) is 2. The van der Waals surface area contributed by atoms with E-state index in [2.05, 4.69) is 15.5 Å². The molecule has 144 valence electrons. The zero-order chi connectivity index (χ0) is 18.8. The maximum absolute atomic E-state index is 13.7. The monoisotopic (exact) mass is 375 g/mol. The van der Waals surface area contributed by atoms with Gasteiger partial charge >= 0.3 is 6.03 Å². The van der Waals surface area contributed by atoms with Crippen LogP contribution in [0.3, 0.4) is 0 Å². The average molecular weight is 375 g/mol. The van der Waals surface area contributed by atoms with Gasteiger partial charge < -0.3 is 15.1 Å². The van der Waals surface area contributed by atoms with Crippen LogP contribution in [0.1, 0.15) is 37.9 Å². The number of fused-ring (bicyclic) bond motifs is 2. The van der Waals surface area contributed by atoms with Crippen molar-refractivity contribution in [2.24, 2.45) is 0 Å².